The Bertz CT molecular complexity index is 551. The molecule has 1 atom stereocenters. The third kappa shape index (κ3) is 2.50. The van der Waals surface area contributed by atoms with Gasteiger partial charge in [0.1, 0.15) is 0 Å². The molecule has 0 radical (unpaired) electrons. The molecule has 96 valence electrons. The second-order valence-electron chi connectivity index (χ2n) is 4.49. The van der Waals surface area contributed by atoms with Crippen molar-refractivity contribution in [3.8, 4) is 0 Å². The molecular weight excluding hydrogens is 314 g/mol. The van der Waals surface area contributed by atoms with Crippen molar-refractivity contribution >= 4 is 27.3 Å². The molecule has 0 fully saturated rings. The average molecular weight is 328 g/mol. The predicted molar refractivity (Wildman–Crippen MR) is 73.6 cm³/mol. The summed E-state index contributed by atoms with van der Waals surface area (Å²) in [6, 6.07) is 2.64. The van der Waals surface area contributed by atoms with Crippen LogP contribution in [-0.4, -0.2) is 10.1 Å². The van der Waals surface area contributed by atoms with Gasteiger partial charge in [0.15, 0.2) is 5.82 Å². The third-order valence-electron chi connectivity index (χ3n) is 3.15. The first kappa shape index (κ1) is 12.3. The number of aromatic nitrogens is 2. The number of nitrogens with one attached hydrogen (secondary N) is 1. The highest BCUT2D eigenvalue weighted by Gasteiger charge is 2.22. The first-order chi connectivity index (χ1) is 8.72. The molecule has 1 unspecified atom stereocenters. The van der Waals surface area contributed by atoms with Gasteiger partial charge in [0.05, 0.1) is 10.3 Å². The molecule has 3 rings (SSSR count). The summed E-state index contributed by atoms with van der Waals surface area (Å²) in [5.74, 6) is 1.35. The van der Waals surface area contributed by atoms with Gasteiger partial charge in [0.25, 0.3) is 0 Å². The van der Waals surface area contributed by atoms with Gasteiger partial charge in [-0.1, -0.05) is 5.16 Å². The Morgan fingerprint density at radius 3 is 3.28 bits per heavy atom. The molecule has 4 nitrogen and oxygen atoms in total. The van der Waals surface area contributed by atoms with Gasteiger partial charge in [-0.25, -0.2) is 0 Å². The first-order valence-corrected chi connectivity index (χ1v) is 7.64. The third-order valence-corrected chi connectivity index (χ3v) is 4.87. The van der Waals surface area contributed by atoms with Crippen LogP contribution in [-0.2, 0) is 13.0 Å². The van der Waals surface area contributed by atoms with E-state index < -0.39 is 0 Å². The first-order valence-electron chi connectivity index (χ1n) is 6.03. The van der Waals surface area contributed by atoms with Crippen molar-refractivity contribution in [1.82, 2.24) is 15.5 Å². The van der Waals surface area contributed by atoms with E-state index in [0.717, 1.165) is 0 Å². The van der Waals surface area contributed by atoms with Crippen LogP contribution in [0.4, 0.5) is 0 Å². The van der Waals surface area contributed by atoms with Crippen LogP contribution >= 0.6 is 27.3 Å². The molecule has 0 aliphatic heterocycles. The molecule has 2 aromatic heterocycles. The van der Waals surface area contributed by atoms with Gasteiger partial charge in [-0.05, 0) is 53.7 Å². The molecule has 2 aromatic rings. The Kier molecular flexibility index (Phi) is 3.50. The lowest BCUT2D eigenvalue weighted by Gasteiger charge is -2.22. The lowest BCUT2D eigenvalue weighted by Crippen LogP contribution is -2.24. The largest absolute Gasteiger partial charge is 0.338 e. The Morgan fingerprint density at radius 1 is 1.61 bits per heavy atom. The predicted octanol–water partition coefficient (Wildman–Crippen LogP) is 3.37. The number of hydrogen-bond donors (Lipinski definition) is 1. The SMILES string of the molecule is Cc1noc(CNC2CCCc3sc(Br)cc32)n1. The van der Waals surface area contributed by atoms with E-state index in [9.17, 15) is 0 Å². The lowest BCUT2D eigenvalue weighted by molar-refractivity contribution is 0.348. The number of fused-ring (bicyclic) bond motifs is 1. The fourth-order valence-electron chi connectivity index (χ4n) is 2.36. The fraction of sp³-hybridized carbons (Fsp3) is 0.500. The van der Waals surface area contributed by atoms with Gasteiger partial charge in [-0.15, -0.1) is 11.3 Å². The molecule has 2 heterocycles. The Labute approximate surface area is 118 Å². The van der Waals surface area contributed by atoms with Gasteiger partial charge < -0.3 is 9.84 Å². The average Bonchev–Trinajstić information content (AvgIpc) is 2.91. The summed E-state index contributed by atoms with van der Waals surface area (Å²) in [7, 11) is 0. The molecule has 0 saturated heterocycles. The lowest BCUT2D eigenvalue weighted by atomic mass is 9.94. The van der Waals surface area contributed by atoms with Gasteiger partial charge in [0.2, 0.25) is 5.89 Å². The van der Waals surface area contributed by atoms with E-state index >= 15 is 0 Å². The molecule has 0 spiro atoms. The summed E-state index contributed by atoms with van der Waals surface area (Å²) in [6.07, 6.45) is 3.60. The smallest absolute Gasteiger partial charge is 0.240 e. The normalized spacial score (nSPS) is 18.9. The quantitative estimate of drug-likeness (QED) is 0.939. The minimum atomic E-state index is 0.406. The van der Waals surface area contributed by atoms with Crippen LogP contribution in [0, 0.1) is 6.92 Å². The Morgan fingerprint density at radius 2 is 2.50 bits per heavy atom. The van der Waals surface area contributed by atoms with Crippen molar-refractivity contribution in [2.75, 3.05) is 0 Å². The second-order valence-corrected chi connectivity index (χ2v) is 7.01. The molecule has 1 aliphatic rings. The standard InChI is InChI=1S/C12H14BrN3OS/c1-7-15-12(17-16-7)6-14-9-3-2-4-10-8(9)5-11(13)18-10/h5,9,14H,2-4,6H2,1H3. The van der Waals surface area contributed by atoms with Crippen molar-refractivity contribution < 1.29 is 4.52 Å². The zero-order valence-corrected chi connectivity index (χ0v) is 12.5. The van der Waals surface area contributed by atoms with Crippen molar-refractivity contribution in [3.05, 3.63) is 32.0 Å². The number of rotatable bonds is 3. The van der Waals surface area contributed by atoms with E-state index in [1.807, 2.05) is 18.3 Å². The molecule has 18 heavy (non-hydrogen) atoms. The Hall–Kier alpha value is -0.720. The summed E-state index contributed by atoms with van der Waals surface area (Å²) in [5, 5.41) is 7.31. The molecule has 6 heteroatoms. The summed E-state index contributed by atoms with van der Waals surface area (Å²) in [6.45, 7) is 2.47. The molecule has 0 bridgehead atoms. The topological polar surface area (TPSA) is 51.0 Å². The summed E-state index contributed by atoms with van der Waals surface area (Å²) < 4.78 is 6.34. The van der Waals surface area contributed by atoms with Crippen LogP contribution in [0.25, 0.3) is 0 Å². The minimum Gasteiger partial charge on any atom is -0.338 e. The number of halogens is 1. The highest BCUT2D eigenvalue weighted by Crippen LogP contribution is 2.37. The summed E-state index contributed by atoms with van der Waals surface area (Å²) in [4.78, 5) is 5.70. The molecule has 1 aliphatic carbocycles. The number of nitrogens with zero attached hydrogens (tertiary/aromatic N) is 2. The molecule has 1 N–H and O–H groups in total. The van der Waals surface area contributed by atoms with E-state index in [1.54, 1.807) is 0 Å². The van der Waals surface area contributed by atoms with Gasteiger partial charge in [-0.3, -0.25) is 0 Å². The fourth-order valence-corrected chi connectivity index (χ4v) is 4.18. The second kappa shape index (κ2) is 5.11. The zero-order valence-electron chi connectivity index (χ0n) is 10.1. The monoisotopic (exact) mass is 327 g/mol. The maximum absolute atomic E-state index is 5.12. The van der Waals surface area contributed by atoms with Crippen molar-refractivity contribution in [2.24, 2.45) is 0 Å². The number of thiophene rings is 1. The van der Waals surface area contributed by atoms with E-state index in [1.165, 1.54) is 33.5 Å². The van der Waals surface area contributed by atoms with Crippen LogP contribution in [0.1, 0.15) is 41.0 Å². The van der Waals surface area contributed by atoms with Crippen LogP contribution in [0.15, 0.2) is 14.4 Å². The Balaban J connectivity index is 1.70. The van der Waals surface area contributed by atoms with E-state index in [2.05, 4.69) is 37.5 Å². The van der Waals surface area contributed by atoms with E-state index in [0.29, 0.717) is 24.3 Å². The highest BCUT2D eigenvalue weighted by atomic mass is 79.9. The number of aryl methyl sites for hydroxylation is 2. The maximum atomic E-state index is 5.12. The van der Waals surface area contributed by atoms with Crippen molar-refractivity contribution in [3.63, 3.8) is 0 Å². The van der Waals surface area contributed by atoms with E-state index in [4.69, 9.17) is 4.52 Å². The zero-order chi connectivity index (χ0) is 12.5. The van der Waals surface area contributed by atoms with Crippen molar-refractivity contribution in [1.29, 1.82) is 0 Å². The summed E-state index contributed by atoms with van der Waals surface area (Å²) in [5.41, 5.74) is 1.43. The van der Waals surface area contributed by atoms with Gasteiger partial charge >= 0.3 is 0 Å². The minimum absolute atomic E-state index is 0.406. The summed E-state index contributed by atoms with van der Waals surface area (Å²) >= 11 is 5.41. The van der Waals surface area contributed by atoms with Crippen LogP contribution in [0.2, 0.25) is 0 Å². The van der Waals surface area contributed by atoms with E-state index in [-0.39, 0.29) is 0 Å². The van der Waals surface area contributed by atoms with Crippen LogP contribution in [0.3, 0.4) is 0 Å². The molecular formula is C12H14BrN3OS. The van der Waals surface area contributed by atoms with Gasteiger partial charge in [-0.2, -0.15) is 4.98 Å². The number of hydrogen-bond acceptors (Lipinski definition) is 5. The molecule has 0 saturated carbocycles. The molecule has 0 amide bonds. The maximum Gasteiger partial charge on any atom is 0.240 e. The van der Waals surface area contributed by atoms with Gasteiger partial charge in [0, 0.05) is 10.9 Å². The van der Waals surface area contributed by atoms with Crippen molar-refractivity contribution in [2.45, 2.75) is 38.8 Å². The van der Waals surface area contributed by atoms with Crippen LogP contribution < -0.4 is 5.32 Å². The highest BCUT2D eigenvalue weighted by molar-refractivity contribution is 9.11. The molecule has 0 aromatic carbocycles. The van der Waals surface area contributed by atoms with Crippen LogP contribution in [0.5, 0.6) is 0 Å².